The molecule has 2 aromatic carbocycles. The number of thiophene rings is 1. The van der Waals surface area contributed by atoms with Gasteiger partial charge in [-0.05, 0) is 48.7 Å². The van der Waals surface area contributed by atoms with Crippen LogP contribution in [-0.4, -0.2) is 29.9 Å². The number of rotatable bonds is 7. The van der Waals surface area contributed by atoms with Crippen molar-refractivity contribution in [3.8, 4) is 28.4 Å². The van der Waals surface area contributed by atoms with Crippen LogP contribution in [0.2, 0.25) is 0 Å². The van der Waals surface area contributed by atoms with Gasteiger partial charge in [0.2, 0.25) is 0 Å². The van der Waals surface area contributed by atoms with Crippen molar-refractivity contribution < 1.29 is 14.3 Å². The van der Waals surface area contributed by atoms with Crippen LogP contribution < -0.4 is 14.8 Å². The van der Waals surface area contributed by atoms with Crippen LogP contribution in [0.4, 0.5) is 0 Å². The second-order valence-corrected chi connectivity index (χ2v) is 7.93. The van der Waals surface area contributed by atoms with Crippen molar-refractivity contribution in [2.75, 3.05) is 14.2 Å². The quantitative estimate of drug-likeness (QED) is 0.440. The molecule has 2 aromatic heterocycles. The molecule has 0 fully saturated rings. The Morgan fingerprint density at radius 3 is 2.48 bits per heavy atom. The standard InChI is InChI=1S/C24H23N3O3S/c1-16(22-10-7-13-31-22)25-24(28)19-15-27(18-8-5-4-6-9-18)26-23(19)17-11-12-20(29-2)21(14-17)30-3/h4-16H,1-3H3,(H,25,28). The Balaban J connectivity index is 1.76. The van der Waals surface area contributed by atoms with E-state index in [0.717, 1.165) is 16.1 Å². The fourth-order valence-corrected chi connectivity index (χ4v) is 4.07. The molecule has 0 aliphatic heterocycles. The number of ether oxygens (including phenoxy) is 2. The van der Waals surface area contributed by atoms with E-state index in [-0.39, 0.29) is 11.9 Å². The van der Waals surface area contributed by atoms with Gasteiger partial charge in [-0.3, -0.25) is 4.79 Å². The third-order valence-electron chi connectivity index (χ3n) is 4.95. The highest BCUT2D eigenvalue weighted by atomic mass is 32.1. The van der Waals surface area contributed by atoms with E-state index in [4.69, 9.17) is 14.6 Å². The summed E-state index contributed by atoms with van der Waals surface area (Å²) in [5, 5.41) is 9.82. The van der Waals surface area contributed by atoms with Crippen LogP contribution in [-0.2, 0) is 0 Å². The van der Waals surface area contributed by atoms with Crippen molar-refractivity contribution in [2.24, 2.45) is 0 Å². The maximum atomic E-state index is 13.3. The molecular weight excluding hydrogens is 410 g/mol. The Morgan fingerprint density at radius 1 is 1.03 bits per heavy atom. The first-order valence-electron chi connectivity index (χ1n) is 9.82. The highest BCUT2D eigenvalue weighted by Gasteiger charge is 2.22. The van der Waals surface area contributed by atoms with Gasteiger partial charge in [0.25, 0.3) is 5.91 Å². The SMILES string of the molecule is COc1ccc(-c2nn(-c3ccccc3)cc2C(=O)NC(C)c2cccs2)cc1OC. The van der Waals surface area contributed by atoms with E-state index in [1.807, 2.05) is 73.0 Å². The van der Waals surface area contributed by atoms with Crippen LogP contribution in [0.1, 0.15) is 28.2 Å². The molecule has 1 N–H and O–H groups in total. The van der Waals surface area contributed by atoms with Crippen molar-refractivity contribution in [2.45, 2.75) is 13.0 Å². The number of aromatic nitrogens is 2. The molecule has 0 aliphatic carbocycles. The Kier molecular flexibility index (Phi) is 6.04. The zero-order valence-corrected chi connectivity index (χ0v) is 18.3. The van der Waals surface area contributed by atoms with Gasteiger partial charge < -0.3 is 14.8 Å². The summed E-state index contributed by atoms with van der Waals surface area (Å²) in [4.78, 5) is 14.3. The van der Waals surface area contributed by atoms with Crippen LogP contribution in [0, 0.1) is 0 Å². The van der Waals surface area contributed by atoms with Crippen LogP contribution in [0.25, 0.3) is 16.9 Å². The van der Waals surface area contributed by atoms with E-state index < -0.39 is 0 Å². The number of carbonyl (C=O) groups is 1. The molecule has 7 heteroatoms. The molecule has 31 heavy (non-hydrogen) atoms. The Morgan fingerprint density at radius 2 is 1.81 bits per heavy atom. The number of methoxy groups -OCH3 is 2. The molecule has 6 nitrogen and oxygen atoms in total. The van der Waals surface area contributed by atoms with Crippen molar-refractivity contribution in [1.82, 2.24) is 15.1 Å². The van der Waals surface area contributed by atoms with E-state index in [1.165, 1.54) is 0 Å². The van der Waals surface area contributed by atoms with Crippen molar-refractivity contribution in [1.29, 1.82) is 0 Å². The maximum Gasteiger partial charge on any atom is 0.255 e. The predicted octanol–water partition coefficient (Wildman–Crippen LogP) is 5.11. The van der Waals surface area contributed by atoms with Gasteiger partial charge >= 0.3 is 0 Å². The molecular formula is C24H23N3O3S. The average Bonchev–Trinajstić information content (AvgIpc) is 3.50. The van der Waals surface area contributed by atoms with Crippen LogP contribution in [0.3, 0.4) is 0 Å². The van der Waals surface area contributed by atoms with E-state index in [1.54, 1.807) is 36.4 Å². The second kappa shape index (κ2) is 9.06. The fraction of sp³-hybridized carbons (Fsp3) is 0.167. The third kappa shape index (κ3) is 4.32. The number of nitrogens with one attached hydrogen (secondary N) is 1. The molecule has 0 spiro atoms. The zero-order valence-electron chi connectivity index (χ0n) is 17.5. The minimum absolute atomic E-state index is 0.106. The van der Waals surface area contributed by atoms with Gasteiger partial charge in [0.1, 0.15) is 5.69 Å². The molecule has 1 atom stereocenters. The van der Waals surface area contributed by atoms with Gasteiger partial charge in [-0.15, -0.1) is 11.3 Å². The predicted molar refractivity (Wildman–Crippen MR) is 122 cm³/mol. The van der Waals surface area contributed by atoms with E-state index in [2.05, 4.69) is 5.32 Å². The van der Waals surface area contributed by atoms with Gasteiger partial charge in [0, 0.05) is 16.6 Å². The summed E-state index contributed by atoms with van der Waals surface area (Å²) in [6.45, 7) is 1.97. The molecule has 158 valence electrons. The number of nitrogens with zero attached hydrogens (tertiary/aromatic N) is 2. The highest BCUT2D eigenvalue weighted by Crippen LogP contribution is 2.33. The summed E-state index contributed by atoms with van der Waals surface area (Å²) in [6.07, 6.45) is 1.76. The van der Waals surface area contributed by atoms with Crippen LogP contribution in [0.5, 0.6) is 11.5 Å². The average molecular weight is 434 g/mol. The van der Waals surface area contributed by atoms with Gasteiger partial charge in [-0.1, -0.05) is 24.3 Å². The highest BCUT2D eigenvalue weighted by molar-refractivity contribution is 7.10. The number of amides is 1. The third-order valence-corrected chi connectivity index (χ3v) is 6.01. The lowest BCUT2D eigenvalue weighted by Gasteiger charge is -2.13. The van der Waals surface area contributed by atoms with Crippen LogP contribution >= 0.6 is 11.3 Å². The number of hydrogen-bond acceptors (Lipinski definition) is 5. The van der Waals surface area contributed by atoms with E-state index >= 15 is 0 Å². The molecule has 1 amide bonds. The number of hydrogen-bond donors (Lipinski definition) is 1. The first kappa shape index (κ1) is 20.7. The van der Waals surface area contributed by atoms with E-state index in [0.29, 0.717) is 22.8 Å². The van der Waals surface area contributed by atoms with Gasteiger partial charge in [0.15, 0.2) is 11.5 Å². The fourth-order valence-electron chi connectivity index (χ4n) is 3.33. The van der Waals surface area contributed by atoms with Crippen molar-refractivity contribution in [3.05, 3.63) is 82.7 Å². The molecule has 0 aliphatic rings. The van der Waals surface area contributed by atoms with E-state index in [9.17, 15) is 4.79 Å². The monoisotopic (exact) mass is 433 g/mol. The molecule has 4 aromatic rings. The minimum Gasteiger partial charge on any atom is -0.493 e. The van der Waals surface area contributed by atoms with Gasteiger partial charge in [-0.2, -0.15) is 5.10 Å². The zero-order chi connectivity index (χ0) is 21.8. The second-order valence-electron chi connectivity index (χ2n) is 6.95. The molecule has 0 saturated heterocycles. The molecule has 1 unspecified atom stereocenters. The summed E-state index contributed by atoms with van der Waals surface area (Å²) < 4.78 is 12.5. The molecule has 0 radical (unpaired) electrons. The maximum absolute atomic E-state index is 13.3. The largest absolute Gasteiger partial charge is 0.493 e. The van der Waals surface area contributed by atoms with Crippen molar-refractivity contribution in [3.63, 3.8) is 0 Å². The first-order chi connectivity index (χ1) is 15.1. The molecule has 2 heterocycles. The Labute approximate surface area is 185 Å². The summed E-state index contributed by atoms with van der Waals surface area (Å²) >= 11 is 1.61. The lowest BCUT2D eigenvalue weighted by molar-refractivity contribution is 0.0941. The van der Waals surface area contributed by atoms with Crippen LogP contribution in [0.15, 0.2) is 72.2 Å². The molecule has 0 bridgehead atoms. The van der Waals surface area contributed by atoms with Gasteiger partial charge in [0.05, 0.1) is 31.5 Å². The molecule has 0 saturated carbocycles. The first-order valence-corrected chi connectivity index (χ1v) is 10.7. The smallest absolute Gasteiger partial charge is 0.255 e. The van der Waals surface area contributed by atoms with Gasteiger partial charge in [-0.25, -0.2) is 4.68 Å². The number of para-hydroxylation sites is 1. The minimum atomic E-state index is -0.187. The summed E-state index contributed by atoms with van der Waals surface area (Å²) in [5.74, 6) is 1.01. The summed E-state index contributed by atoms with van der Waals surface area (Å²) in [7, 11) is 3.17. The lowest BCUT2D eigenvalue weighted by atomic mass is 10.1. The number of carbonyl (C=O) groups excluding carboxylic acids is 1. The lowest BCUT2D eigenvalue weighted by Crippen LogP contribution is -2.26. The van der Waals surface area contributed by atoms with Crippen molar-refractivity contribution >= 4 is 17.2 Å². The number of benzene rings is 2. The molecule has 4 rings (SSSR count). The topological polar surface area (TPSA) is 65.4 Å². The summed E-state index contributed by atoms with van der Waals surface area (Å²) in [6, 6.07) is 19.1. The summed E-state index contributed by atoms with van der Waals surface area (Å²) in [5.41, 5.74) is 2.69. The Bertz CT molecular complexity index is 1170. The normalized spacial score (nSPS) is 11.7. The Hall–Kier alpha value is -3.58.